The fourth-order valence-corrected chi connectivity index (χ4v) is 9.42. The van der Waals surface area contributed by atoms with E-state index in [9.17, 15) is 0 Å². The van der Waals surface area contributed by atoms with Crippen LogP contribution >= 0.6 is 0 Å². The van der Waals surface area contributed by atoms with Gasteiger partial charge in [-0.25, -0.2) is 0 Å². The average Bonchev–Trinajstić information content (AvgIpc) is 3.32. The molecule has 60 heavy (non-hydrogen) atoms. The molecule has 0 unspecified atom stereocenters. The van der Waals surface area contributed by atoms with E-state index in [1.807, 2.05) is 0 Å². The van der Waals surface area contributed by atoms with Crippen LogP contribution in [0.2, 0.25) is 0 Å². The van der Waals surface area contributed by atoms with Crippen LogP contribution in [0.5, 0.6) is 0 Å². The number of anilines is 6. The molecule has 0 aliphatic heterocycles. The van der Waals surface area contributed by atoms with Crippen molar-refractivity contribution in [3.63, 3.8) is 0 Å². The molecule has 0 amide bonds. The summed E-state index contributed by atoms with van der Waals surface area (Å²) in [5.74, 6) is 0. The summed E-state index contributed by atoms with van der Waals surface area (Å²) in [6.07, 6.45) is 0. The van der Waals surface area contributed by atoms with Gasteiger partial charge in [-0.2, -0.15) is 0 Å². The zero-order valence-corrected chi connectivity index (χ0v) is 32.8. The molecule has 12 aromatic carbocycles. The van der Waals surface area contributed by atoms with Crippen molar-refractivity contribution in [2.45, 2.75) is 0 Å². The maximum absolute atomic E-state index is 2.41. The van der Waals surface area contributed by atoms with E-state index in [2.05, 4.69) is 240 Å². The van der Waals surface area contributed by atoms with E-state index in [0.717, 1.165) is 34.1 Å². The van der Waals surface area contributed by atoms with E-state index in [1.165, 1.54) is 75.8 Å². The monoisotopic (exact) mass is 762 g/mol. The van der Waals surface area contributed by atoms with Crippen molar-refractivity contribution in [1.29, 1.82) is 0 Å². The van der Waals surface area contributed by atoms with E-state index in [-0.39, 0.29) is 0 Å². The zero-order chi connectivity index (χ0) is 39.6. The Labute approximate surface area is 348 Å². The maximum atomic E-state index is 2.41. The molecule has 0 heterocycles. The number of nitrogens with zero attached hydrogens (tertiary/aromatic N) is 2. The van der Waals surface area contributed by atoms with Crippen molar-refractivity contribution in [3.05, 3.63) is 231 Å². The highest BCUT2D eigenvalue weighted by atomic mass is 15.1. The van der Waals surface area contributed by atoms with Crippen molar-refractivity contribution < 1.29 is 0 Å². The Morgan fingerprint density at radius 3 is 1.20 bits per heavy atom. The van der Waals surface area contributed by atoms with Crippen LogP contribution < -0.4 is 9.80 Å². The van der Waals surface area contributed by atoms with Gasteiger partial charge in [0, 0.05) is 33.8 Å². The predicted octanol–water partition coefficient (Wildman–Crippen LogP) is 16.7. The van der Waals surface area contributed by atoms with Gasteiger partial charge in [0.1, 0.15) is 0 Å². The van der Waals surface area contributed by atoms with E-state index in [0.29, 0.717) is 0 Å². The van der Waals surface area contributed by atoms with Gasteiger partial charge in [-0.1, -0.05) is 164 Å². The normalized spacial score (nSPS) is 11.7. The van der Waals surface area contributed by atoms with Crippen LogP contribution in [0.25, 0.3) is 75.8 Å². The minimum atomic E-state index is 1.11. The van der Waals surface area contributed by atoms with Gasteiger partial charge in [-0.15, -0.1) is 0 Å². The van der Waals surface area contributed by atoms with Gasteiger partial charge in [0.2, 0.25) is 0 Å². The van der Waals surface area contributed by atoms with Gasteiger partial charge in [-0.3, -0.25) is 0 Å². The van der Waals surface area contributed by atoms with E-state index in [1.54, 1.807) is 0 Å². The third kappa shape index (κ3) is 5.65. The number of rotatable bonds is 7. The molecule has 2 nitrogen and oxygen atoms in total. The summed E-state index contributed by atoms with van der Waals surface area (Å²) in [6, 6.07) is 84.4. The van der Waals surface area contributed by atoms with Crippen molar-refractivity contribution in [3.8, 4) is 11.1 Å². The van der Waals surface area contributed by atoms with Gasteiger partial charge >= 0.3 is 0 Å². The fourth-order valence-electron chi connectivity index (χ4n) is 9.42. The first-order valence-corrected chi connectivity index (χ1v) is 20.7. The van der Waals surface area contributed by atoms with Crippen LogP contribution in [-0.2, 0) is 0 Å². The molecule has 0 radical (unpaired) electrons. The molecular weight excluding hydrogens is 725 g/mol. The van der Waals surface area contributed by atoms with Crippen molar-refractivity contribution >= 4 is 98.8 Å². The van der Waals surface area contributed by atoms with E-state index >= 15 is 0 Å². The molecule has 0 spiro atoms. The molecule has 0 bridgehead atoms. The first-order valence-electron chi connectivity index (χ1n) is 20.7. The second kappa shape index (κ2) is 13.9. The average molecular weight is 763 g/mol. The predicted molar refractivity (Wildman–Crippen MR) is 257 cm³/mol. The number of hydrogen-bond acceptors (Lipinski definition) is 2. The van der Waals surface area contributed by atoms with Gasteiger partial charge in [0.25, 0.3) is 0 Å². The Bertz CT molecular complexity index is 3470. The Morgan fingerprint density at radius 2 is 0.633 bits per heavy atom. The molecule has 0 atom stereocenters. The fraction of sp³-hybridized carbons (Fsp3) is 0. The molecule has 12 rings (SSSR count). The van der Waals surface area contributed by atoms with Gasteiger partial charge < -0.3 is 9.80 Å². The molecule has 0 aliphatic carbocycles. The lowest BCUT2D eigenvalue weighted by atomic mass is 9.89. The molecule has 12 aromatic rings. The molecule has 280 valence electrons. The minimum Gasteiger partial charge on any atom is -0.310 e. The number of hydrogen-bond donors (Lipinski definition) is 0. The van der Waals surface area contributed by atoms with Crippen LogP contribution in [0, 0.1) is 0 Å². The van der Waals surface area contributed by atoms with Crippen LogP contribution in [0.1, 0.15) is 0 Å². The smallest absolute Gasteiger partial charge is 0.0540 e. The lowest BCUT2D eigenvalue weighted by molar-refractivity contribution is 1.29. The van der Waals surface area contributed by atoms with Crippen molar-refractivity contribution in [1.82, 2.24) is 0 Å². The summed E-state index contributed by atoms with van der Waals surface area (Å²) >= 11 is 0. The molecule has 0 saturated carbocycles. The molecule has 0 aromatic heterocycles. The lowest BCUT2D eigenvalue weighted by Crippen LogP contribution is -2.10. The Kier molecular flexibility index (Phi) is 7.89. The summed E-state index contributed by atoms with van der Waals surface area (Å²) < 4.78 is 0. The summed E-state index contributed by atoms with van der Waals surface area (Å²) in [6.45, 7) is 0. The Morgan fingerprint density at radius 1 is 0.233 bits per heavy atom. The van der Waals surface area contributed by atoms with Crippen molar-refractivity contribution in [2.24, 2.45) is 0 Å². The maximum Gasteiger partial charge on any atom is 0.0540 e. The SMILES string of the molecule is c1ccc(N(c2ccc3ccccc3c2)c2ccc3ccc4c(-c5ccc(N(c6ccc7ccccc7c6)c6ccc7ccccc7c6)cc5)ccc5ccc2c3c54)cc1. The molecule has 0 fully saturated rings. The van der Waals surface area contributed by atoms with Crippen LogP contribution in [-0.4, -0.2) is 0 Å². The van der Waals surface area contributed by atoms with E-state index < -0.39 is 0 Å². The first-order chi connectivity index (χ1) is 29.7. The van der Waals surface area contributed by atoms with Crippen LogP contribution in [0.4, 0.5) is 34.1 Å². The third-order valence-corrected chi connectivity index (χ3v) is 12.3. The third-order valence-electron chi connectivity index (χ3n) is 12.3. The Balaban J connectivity index is 0.997. The highest BCUT2D eigenvalue weighted by Gasteiger charge is 2.20. The molecular formula is C58H38N2. The number of fused-ring (bicyclic) bond motifs is 3. The topological polar surface area (TPSA) is 6.48 Å². The zero-order valence-electron chi connectivity index (χ0n) is 32.8. The summed E-state index contributed by atoms with van der Waals surface area (Å²) in [4.78, 5) is 4.79. The number of benzene rings is 12. The molecule has 2 heteroatoms. The second-order valence-corrected chi connectivity index (χ2v) is 15.8. The first kappa shape index (κ1) is 34.1. The molecule has 0 aliphatic rings. The standard InChI is InChI=1S/C58H38N2/c1-2-16-48(17-3-1)60(52-31-20-41-12-6-9-15-47(41)38-52)56-35-26-44-24-33-54-53(32-23-43-25-34-55(56)58(44)57(43)54)42-21-27-49(28-22-42)59(50-29-18-39-10-4-7-13-45(39)36-50)51-30-19-40-11-5-8-14-46(40)37-51/h1-38H. The van der Waals surface area contributed by atoms with Crippen LogP contribution in [0.3, 0.4) is 0 Å². The van der Waals surface area contributed by atoms with Gasteiger partial charge in [0.15, 0.2) is 0 Å². The molecule has 0 saturated heterocycles. The number of para-hydroxylation sites is 1. The quantitative estimate of drug-likeness (QED) is 0.149. The summed E-state index contributed by atoms with van der Waals surface area (Å²) in [7, 11) is 0. The summed E-state index contributed by atoms with van der Waals surface area (Å²) in [5, 5.41) is 14.9. The van der Waals surface area contributed by atoms with Gasteiger partial charge in [0.05, 0.1) is 5.69 Å². The molecule has 0 N–H and O–H groups in total. The Hall–Kier alpha value is -7.94. The summed E-state index contributed by atoms with van der Waals surface area (Å²) in [5.41, 5.74) is 9.22. The second-order valence-electron chi connectivity index (χ2n) is 15.8. The van der Waals surface area contributed by atoms with Crippen molar-refractivity contribution in [2.75, 3.05) is 9.80 Å². The minimum absolute atomic E-state index is 1.11. The highest BCUT2D eigenvalue weighted by Crippen LogP contribution is 2.46. The lowest BCUT2D eigenvalue weighted by Gasteiger charge is -2.28. The highest BCUT2D eigenvalue weighted by molar-refractivity contribution is 6.28. The largest absolute Gasteiger partial charge is 0.310 e. The van der Waals surface area contributed by atoms with Crippen LogP contribution in [0.15, 0.2) is 231 Å². The van der Waals surface area contributed by atoms with E-state index in [4.69, 9.17) is 0 Å². The van der Waals surface area contributed by atoms with Gasteiger partial charge in [-0.05, 0) is 137 Å².